The molecule has 1 unspecified atom stereocenters. The van der Waals surface area contributed by atoms with Crippen LogP contribution in [0.4, 0.5) is 14.3 Å². The lowest BCUT2D eigenvalue weighted by atomic mass is 10.0. The number of thiazole rings is 1. The molecule has 4 rings (SSSR count). The third-order valence-corrected chi connectivity index (χ3v) is 7.39. The number of nitrogens with one attached hydrogen (secondary N) is 2. The molecular formula is C24H25ClFN5O4S2. The number of hydrogen-bond donors (Lipinski definition) is 4. The van der Waals surface area contributed by atoms with Gasteiger partial charge in [-0.2, -0.15) is 0 Å². The highest BCUT2D eigenvalue weighted by Gasteiger charge is 2.24. The number of fused-ring (bicyclic) bond motifs is 1. The molecule has 37 heavy (non-hydrogen) atoms. The van der Waals surface area contributed by atoms with Crippen molar-refractivity contribution in [3.05, 3.63) is 52.6 Å². The summed E-state index contributed by atoms with van der Waals surface area (Å²) < 4.78 is 16.3. The van der Waals surface area contributed by atoms with E-state index in [1.54, 1.807) is 43.7 Å². The zero-order valence-corrected chi connectivity index (χ0v) is 22.3. The van der Waals surface area contributed by atoms with E-state index in [1.165, 1.54) is 27.6 Å². The smallest absolute Gasteiger partial charge is 0.323 e. The van der Waals surface area contributed by atoms with Gasteiger partial charge in [0.15, 0.2) is 10.9 Å². The maximum absolute atomic E-state index is 15.8. The van der Waals surface area contributed by atoms with Gasteiger partial charge in [-0.15, -0.1) is 23.7 Å². The summed E-state index contributed by atoms with van der Waals surface area (Å²) in [5, 5.41) is 26.0. The van der Waals surface area contributed by atoms with Gasteiger partial charge in [0.2, 0.25) is 0 Å². The molecule has 1 atom stereocenters. The van der Waals surface area contributed by atoms with E-state index in [9.17, 15) is 19.8 Å². The number of carboxylic acid groups (broad SMARTS) is 1. The number of benzene rings is 1. The highest BCUT2D eigenvalue weighted by atomic mass is 35.5. The predicted molar refractivity (Wildman–Crippen MR) is 146 cm³/mol. The van der Waals surface area contributed by atoms with E-state index in [0.717, 1.165) is 4.88 Å². The molecule has 196 valence electrons. The van der Waals surface area contributed by atoms with Crippen molar-refractivity contribution in [2.24, 2.45) is 0 Å². The fourth-order valence-corrected chi connectivity index (χ4v) is 5.62. The zero-order valence-electron chi connectivity index (χ0n) is 19.9. The SMILES string of the molecule is CCNC(=O)Nc1nc2c(F)c(-c3csc(CN(C)C(CO)C(=O)O)c3)cc(-c3ccccn3)c2s1.Cl. The number of aliphatic carboxylic acids is 1. The number of pyridine rings is 1. The Kier molecular flexibility index (Phi) is 9.51. The standard InChI is InChI=1S/C24H24FN5O4S2.ClH/c1-3-26-23(34)29-24-28-20-19(25)15(9-16(21(20)36-24)17-6-4-5-7-27-17)13-8-14(35-12-13)10-30(2)18(11-31)22(32)33;/h4-9,12,18,31H,3,10-11H2,1-2H3,(H,32,33)(H2,26,28,29,34);1H. The highest BCUT2D eigenvalue weighted by Crippen LogP contribution is 2.41. The average Bonchev–Trinajstić information content (AvgIpc) is 3.48. The lowest BCUT2D eigenvalue weighted by molar-refractivity contribution is -0.144. The van der Waals surface area contributed by atoms with Crippen molar-refractivity contribution < 1.29 is 24.2 Å². The molecule has 9 nitrogen and oxygen atoms in total. The van der Waals surface area contributed by atoms with E-state index in [2.05, 4.69) is 20.6 Å². The molecule has 2 amide bonds. The number of urea groups is 1. The molecule has 4 aromatic rings. The molecule has 0 aliphatic rings. The van der Waals surface area contributed by atoms with Gasteiger partial charge >= 0.3 is 12.0 Å². The molecule has 0 radical (unpaired) electrons. The van der Waals surface area contributed by atoms with Gasteiger partial charge in [-0.25, -0.2) is 14.2 Å². The molecule has 0 saturated heterocycles. The van der Waals surface area contributed by atoms with Crippen LogP contribution in [0.25, 0.3) is 32.6 Å². The van der Waals surface area contributed by atoms with Crippen LogP contribution < -0.4 is 10.6 Å². The lowest BCUT2D eigenvalue weighted by Crippen LogP contribution is -2.40. The van der Waals surface area contributed by atoms with E-state index < -0.39 is 30.5 Å². The minimum absolute atomic E-state index is 0. The number of aliphatic hydroxyl groups excluding tert-OH is 1. The van der Waals surface area contributed by atoms with Crippen molar-refractivity contribution in [1.82, 2.24) is 20.2 Å². The molecule has 0 fully saturated rings. The molecule has 13 heteroatoms. The molecule has 3 aromatic heterocycles. The number of aromatic nitrogens is 2. The molecule has 4 N–H and O–H groups in total. The Morgan fingerprint density at radius 3 is 2.68 bits per heavy atom. The number of carbonyl (C=O) groups excluding carboxylic acids is 1. The summed E-state index contributed by atoms with van der Waals surface area (Å²) in [6.45, 7) is 1.99. The Hall–Kier alpha value is -3.16. The Morgan fingerprint density at radius 2 is 2.03 bits per heavy atom. The Labute approximate surface area is 226 Å². The molecule has 0 aliphatic carbocycles. The van der Waals surface area contributed by atoms with Crippen LogP contribution in [0, 0.1) is 5.82 Å². The fraction of sp³-hybridized carbons (Fsp3) is 0.250. The van der Waals surface area contributed by atoms with E-state index >= 15 is 4.39 Å². The normalized spacial score (nSPS) is 11.8. The van der Waals surface area contributed by atoms with Crippen molar-refractivity contribution in [3.63, 3.8) is 0 Å². The first kappa shape index (κ1) is 28.4. The number of anilines is 1. The van der Waals surface area contributed by atoms with Crippen molar-refractivity contribution in [2.75, 3.05) is 25.5 Å². The number of amides is 2. The largest absolute Gasteiger partial charge is 0.480 e. The Bertz CT molecular complexity index is 1400. The van der Waals surface area contributed by atoms with E-state index in [-0.39, 0.29) is 29.6 Å². The second-order valence-corrected chi connectivity index (χ2v) is 9.93. The van der Waals surface area contributed by atoms with Crippen LogP contribution in [0.15, 0.2) is 41.9 Å². The summed E-state index contributed by atoms with van der Waals surface area (Å²) in [6.07, 6.45) is 1.65. The van der Waals surface area contributed by atoms with Crippen LogP contribution in [0.3, 0.4) is 0 Å². The van der Waals surface area contributed by atoms with Crippen LogP contribution in [-0.4, -0.2) is 63.3 Å². The van der Waals surface area contributed by atoms with Crippen LogP contribution in [0.2, 0.25) is 0 Å². The first-order chi connectivity index (χ1) is 17.3. The minimum atomic E-state index is -1.12. The predicted octanol–water partition coefficient (Wildman–Crippen LogP) is 4.67. The Balaban J connectivity index is 0.00000380. The van der Waals surface area contributed by atoms with Crippen molar-refractivity contribution in [2.45, 2.75) is 19.5 Å². The van der Waals surface area contributed by atoms with Gasteiger partial charge < -0.3 is 15.5 Å². The van der Waals surface area contributed by atoms with Gasteiger partial charge in [-0.05, 0) is 49.2 Å². The highest BCUT2D eigenvalue weighted by molar-refractivity contribution is 7.22. The maximum atomic E-state index is 15.8. The van der Waals surface area contributed by atoms with Crippen LogP contribution in [0.5, 0.6) is 0 Å². The summed E-state index contributed by atoms with van der Waals surface area (Å²) in [4.78, 5) is 34.5. The second-order valence-electron chi connectivity index (χ2n) is 7.94. The zero-order chi connectivity index (χ0) is 25.8. The monoisotopic (exact) mass is 565 g/mol. The fourth-order valence-electron chi connectivity index (χ4n) is 3.70. The van der Waals surface area contributed by atoms with Crippen molar-refractivity contribution in [3.8, 4) is 22.4 Å². The van der Waals surface area contributed by atoms with Gasteiger partial charge in [0.05, 0.1) is 17.0 Å². The third-order valence-electron chi connectivity index (χ3n) is 5.46. The molecular weight excluding hydrogens is 541 g/mol. The van der Waals surface area contributed by atoms with Crippen LogP contribution in [0.1, 0.15) is 11.8 Å². The van der Waals surface area contributed by atoms with E-state index in [1.807, 2.05) is 12.1 Å². The maximum Gasteiger partial charge on any atom is 0.323 e. The molecule has 3 heterocycles. The second kappa shape index (κ2) is 12.4. The summed E-state index contributed by atoms with van der Waals surface area (Å²) in [5.74, 6) is -1.64. The molecule has 0 bridgehead atoms. The number of nitrogens with zero attached hydrogens (tertiary/aromatic N) is 3. The van der Waals surface area contributed by atoms with Gasteiger partial charge in [0.25, 0.3) is 0 Å². The quantitative estimate of drug-likeness (QED) is 0.232. The number of likely N-dealkylation sites (N-methyl/N-ethyl adjacent to an activating group) is 1. The minimum Gasteiger partial charge on any atom is -0.480 e. The third kappa shape index (κ3) is 6.22. The molecule has 0 spiro atoms. The van der Waals surface area contributed by atoms with Crippen molar-refractivity contribution >= 4 is 62.4 Å². The van der Waals surface area contributed by atoms with Crippen LogP contribution >= 0.6 is 35.1 Å². The van der Waals surface area contributed by atoms with Crippen molar-refractivity contribution in [1.29, 1.82) is 0 Å². The number of carbonyl (C=O) groups is 2. The number of rotatable bonds is 9. The molecule has 0 saturated carbocycles. The van der Waals surface area contributed by atoms with Gasteiger partial charge in [0.1, 0.15) is 11.6 Å². The number of thiophene rings is 1. The summed E-state index contributed by atoms with van der Waals surface area (Å²) in [5.41, 5.74) is 2.38. The Morgan fingerprint density at radius 1 is 1.24 bits per heavy atom. The first-order valence-electron chi connectivity index (χ1n) is 11.0. The van der Waals surface area contributed by atoms with Gasteiger partial charge in [-0.3, -0.25) is 20.0 Å². The average molecular weight is 566 g/mol. The first-order valence-corrected chi connectivity index (χ1v) is 12.7. The topological polar surface area (TPSA) is 128 Å². The number of aliphatic hydroxyl groups is 1. The van der Waals surface area contributed by atoms with Crippen LogP contribution in [-0.2, 0) is 11.3 Å². The van der Waals surface area contributed by atoms with Gasteiger partial charge in [0, 0.05) is 35.3 Å². The summed E-state index contributed by atoms with van der Waals surface area (Å²) >= 11 is 2.53. The number of halogens is 2. The molecule has 1 aromatic carbocycles. The number of carboxylic acids is 1. The number of hydrogen-bond acceptors (Lipinski definition) is 8. The van der Waals surface area contributed by atoms with E-state index in [0.29, 0.717) is 33.6 Å². The lowest BCUT2D eigenvalue weighted by Gasteiger charge is -2.21. The van der Waals surface area contributed by atoms with Gasteiger partial charge in [-0.1, -0.05) is 17.4 Å². The molecule has 0 aliphatic heterocycles. The summed E-state index contributed by atoms with van der Waals surface area (Å²) in [7, 11) is 1.61. The summed E-state index contributed by atoms with van der Waals surface area (Å²) in [6, 6.07) is 7.50. The van der Waals surface area contributed by atoms with E-state index in [4.69, 9.17) is 0 Å².